The van der Waals surface area contributed by atoms with E-state index in [1.165, 1.54) is 0 Å². The van der Waals surface area contributed by atoms with Crippen molar-refractivity contribution in [2.45, 2.75) is 50.0 Å². The second kappa shape index (κ2) is 7.22. The summed E-state index contributed by atoms with van der Waals surface area (Å²) in [7, 11) is 1.89. The molecule has 1 aromatic carbocycles. The van der Waals surface area contributed by atoms with Gasteiger partial charge in [-0.05, 0) is 43.5 Å². The summed E-state index contributed by atoms with van der Waals surface area (Å²) in [5.41, 5.74) is 1.90. The van der Waals surface area contributed by atoms with E-state index in [9.17, 15) is 5.11 Å². The first-order valence-electron chi connectivity index (χ1n) is 10.1. The molecule has 2 aliphatic heterocycles. The van der Waals surface area contributed by atoms with Gasteiger partial charge in [0.1, 0.15) is 11.9 Å². The Bertz CT molecular complexity index is 1030. The number of phenolic OH excluding ortho intramolecular Hbond substituents is 1. The lowest BCUT2D eigenvalue weighted by molar-refractivity contribution is 0.107. The third kappa shape index (κ3) is 3.29. The summed E-state index contributed by atoms with van der Waals surface area (Å²) in [6.45, 7) is 0. The smallest absolute Gasteiger partial charge is 0.151 e. The van der Waals surface area contributed by atoms with Crippen LogP contribution in [0.3, 0.4) is 0 Å². The molecule has 0 amide bonds. The number of pyridine rings is 1. The standard InChI is InChI=1S/C22H24FN5O/c1-28(19-11-14-5-2-6-17(25-14)22(19)23)21-8-7-16(26-27-21)15-10-13-4-3-9-24-18(13)12-20(15)29/h3-4,7-10,12,14,17,19,22,25,29H,2,5-6,11H2,1H3/t14?,17?,19-,22+/m0/s1. The molecule has 4 atom stereocenters. The molecule has 2 N–H and O–H groups in total. The van der Waals surface area contributed by atoms with Gasteiger partial charge in [-0.2, -0.15) is 0 Å². The minimum atomic E-state index is -0.921. The maximum absolute atomic E-state index is 15.0. The Hall–Kier alpha value is -2.80. The quantitative estimate of drug-likeness (QED) is 0.710. The molecule has 0 radical (unpaired) electrons. The summed E-state index contributed by atoms with van der Waals surface area (Å²) in [5.74, 6) is 0.755. The van der Waals surface area contributed by atoms with Gasteiger partial charge in [0, 0.05) is 42.3 Å². The Labute approximate surface area is 168 Å². The molecule has 0 aliphatic carbocycles. The molecule has 2 saturated heterocycles. The molecule has 2 bridgehead atoms. The molecule has 0 spiro atoms. The average molecular weight is 393 g/mol. The molecule has 6 nitrogen and oxygen atoms in total. The highest BCUT2D eigenvalue weighted by atomic mass is 19.1. The van der Waals surface area contributed by atoms with Crippen LogP contribution in [0.1, 0.15) is 25.7 Å². The fourth-order valence-corrected chi connectivity index (χ4v) is 4.69. The number of anilines is 1. The van der Waals surface area contributed by atoms with E-state index in [0.29, 0.717) is 23.1 Å². The van der Waals surface area contributed by atoms with Gasteiger partial charge in [-0.3, -0.25) is 4.98 Å². The number of nitrogens with zero attached hydrogens (tertiary/aromatic N) is 4. The van der Waals surface area contributed by atoms with Crippen LogP contribution in [0, 0.1) is 0 Å². The molecule has 2 aliphatic rings. The Balaban J connectivity index is 1.41. The zero-order valence-electron chi connectivity index (χ0n) is 16.3. The van der Waals surface area contributed by atoms with Gasteiger partial charge in [-0.15, -0.1) is 10.2 Å². The van der Waals surface area contributed by atoms with Crippen molar-refractivity contribution in [1.29, 1.82) is 0 Å². The Morgan fingerprint density at radius 1 is 1.17 bits per heavy atom. The lowest BCUT2D eigenvalue weighted by Gasteiger charge is -2.46. The van der Waals surface area contributed by atoms with E-state index < -0.39 is 6.17 Å². The molecule has 2 unspecified atom stereocenters. The molecule has 29 heavy (non-hydrogen) atoms. The monoisotopic (exact) mass is 393 g/mol. The van der Waals surface area contributed by atoms with E-state index in [1.54, 1.807) is 12.3 Å². The van der Waals surface area contributed by atoms with Crippen LogP contribution in [0.4, 0.5) is 10.2 Å². The van der Waals surface area contributed by atoms with Gasteiger partial charge in [-0.25, -0.2) is 4.39 Å². The number of hydrogen-bond donors (Lipinski definition) is 2. The van der Waals surface area contributed by atoms with Crippen LogP contribution in [0.15, 0.2) is 42.6 Å². The maximum atomic E-state index is 15.0. The van der Waals surface area contributed by atoms with Crippen LogP contribution in [0.2, 0.25) is 0 Å². The van der Waals surface area contributed by atoms with Crippen LogP contribution < -0.4 is 10.2 Å². The van der Waals surface area contributed by atoms with Crippen molar-refractivity contribution >= 4 is 16.7 Å². The van der Waals surface area contributed by atoms with Crippen molar-refractivity contribution < 1.29 is 9.50 Å². The SMILES string of the molecule is CN(c1ccc(-c2cc3cccnc3cc2O)nn1)[C@H]1CC2CCCC(N2)[C@H]1F. The highest BCUT2D eigenvalue weighted by molar-refractivity contribution is 5.87. The molecular formula is C22H24FN5O. The molecule has 0 saturated carbocycles. The fraction of sp³-hybridized carbons (Fsp3) is 0.409. The van der Waals surface area contributed by atoms with E-state index in [4.69, 9.17) is 0 Å². The van der Waals surface area contributed by atoms with Crippen LogP contribution in [0.25, 0.3) is 22.2 Å². The first-order chi connectivity index (χ1) is 14.1. The van der Waals surface area contributed by atoms with Gasteiger partial charge >= 0.3 is 0 Å². The van der Waals surface area contributed by atoms with Crippen molar-refractivity contribution in [3.8, 4) is 17.0 Å². The predicted octanol–water partition coefficient (Wildman–Crippen LogP) is 3.45. The summed E-state index contributed by atoms with van der Waals surface area (Å²) < 4.78 is 15.0. The summed E-state index contributed by atoms with van der Waals surface area (Å²) >= 11 is 0. The number of fused-ring (bicyclic) bond motifs is 3. The van der Waals surface area contributed by atoms with Crippen LogP contribution in [-0.2, 0) is 0 Å². The first kappa shape index (κ1) is 18.2. The maximum Gasteiger partial charge on any atom is 0.151 e. The molecule has 3 aromatic rings. The third-order valence-electron chi connectivity index (χ3n) is 6.30. The molecule has 4 heterocycles. The number of hydrogen-bond acceptors (Lipinski definition) is 6. The van der Waals surface area contributed by atoms with Gasteiger partial charge < -0.3 is 15.3 Å². The van der Waals surface area contributed by atoms with Crippen LogP contribution in [-0.4, -0.2) is 51.6 Å². The third-order valence-corrected chi connectivity index (χ3v) is 6.30. The summed E-state index contributed by atoms with van der Waals surface area (Å²) in [5, 5.41) is 23.4. The number of aromatic nitrogens is 3. The number of aromatic hydroxyl groups is 1. The van der Waals surface area contributed by atoms with Gasteiger partial charge in [0.05, 0.1) is 17.3 Å². The number of nitrogens with one attached hydrogen (secondary N) is 1. The minimum absolute atomic E-state index is 0.0645. The molecule has 5 rings (SSSR count). The van der Waals surface area contributed by atoms with Gasteiger partial charge in [0.2, 0.25) is 0 Å². The summed E-state index contributed by atoms with van der Waals surface area (Å²) in [6.07, 6.45) is 4.64. The number of alkyl halides is 1. The van der Waals surface area contributed by atoms with Crippen molar-refractivity contribution in [2.24, 2.45) is 0 Å². The molecular weight excluding hydrogens is 369 g/mol. The lowest BCUT2D eigenvalue weighted by atomic mass is 9.82. The van der Waals surface area contributed by atoms with Crippen molar-refractivity contribution in [3.05, 3.63) is 42.6 Å². The Morgan fingerprint density at radius 3 is 2.90 bits per heavy atom. The summed E-state index contributed by atoms with van der Waals surface area (Å²) in [4.78, 5) is 6.17. The summed E-state index contributed by atoms with van der Waals surface area (Å²) in [6, 6.07) is 11.1. The second-order valence-corrected chi connectivity index (χ2v) is 8.10. The van der Waals surface area contributed by atoms with E-state index in [1.807, 2.05) is 42.3 Å². The van der Waals surface area contributed by atoms with Crippen molar-refractivity contribution in [3.63, 3.8) is 0 Å². The molecule has 7 heteroatoms. The topological polar surface area (TPSA) is 74.2 Å². The van der Waals surface area contributed by atoms with E-state index in [0.717, 1.165) is 36.6 Å². The number of phenols is 1. The van der Waals surface area contributed by atoms with Gasteiger partial charge in [0.25, 0.3) is 0 Å². The first-order valence-corrected chi connectivity index (χ1v) is 10.1. The number of rotatable bonds is 3. The lowest BCUT2D eigenvalue weighted by Crippen LogP contribution is -2.61. The zero-order chi connectivity index (χ0) is 20.0. The molecule has 2 fully saturated rings. The van der Waals surface area contributed by atoms with E-state index >= 15 is 4.39 Å². The second-order valence-electron chi connectivity index (χ2n) is 8.10. The average Bonchev–Trinajstić information content (AvgIpc) is 2.76. The highest BCUT2D eigenvalue weighted by Gasteiger charge is 2.41. The fourth-order valence-electron chi connectivity index (χ4n) is 4.69. The number of piperidine rings is 2. The number of benzene rings is 1. The van der Waals surface area contributed by atoms with Crippen LogP contribution >= 0.6 is 0 Å². The van der Waals surface area contributed by atoms with Gasteiger partial charge in [-0.1, -0.05) is 12.5 Å². The predicted molar refractivity (Wildman–Crippen MR) is 111 cm³/mol. The van der Waals surface area contributed by atoms with E-state index in [2.05, 4.69) is 20.5 Å². The van der Waals surface area contributed by atoms with Gasteiger partial charge in [0.15, 0.2) is 5.82 Å². The molecule has 2 aromatic heterocycles. The highest BCUT2D eigenvalue weighted by Crippen LogP contribution is 2.34. The Kier molecular flexibility index (Phi) is 4.54. The number of halogens is 1. The normalized spacial score (nSPS) is 26.4. The van der Waals surface area contributed by atoms with Crippen LogP contribution in [0.5, 0.6) is 5.75 Å². The zero-order valence-corrected chi connectivity index (χ0v) is 16.3. The van der Waals surface area contributed by atoms with Crippen molar-refractivity contribution in [2.75, 3.05) is 11.9 Å². The molecule has 150 valence electrons. The van der Waals surface area contributed by atoms with E-state index in [-0.39, 0.29) is 17.8 Å². The minimum Gasteiger partial charge on any atom is -0.507 e. The largest absolute Gasteiger partial charge is 0.507 e. The van der Waals surface area contributed by atoms with Crippen molar-refractivity contribution in [1.82, 2.24) is 20.5 Å². The Morgan fingerprint density at radius 2 is 2.07 bits per heavy atom.